The largest absolute Gasteiger partial charge is 0.508 e. The summed E-state index contributed by atoms with van der Waals surface area (Å²) < 4.78 is 31.7. The Balaban J connectivity index is 0.000000860. The normalized spacial score (nSPS) is 17.6. The summed E-state index contributed by atoms with van der Waals surface area (Å²) in [6.45, 7) is 6.92. The third-order valence-corrected chi connectivity index (χ3v) is 7.07. The molecular weight excluding hydrogens is 587 g/mol. The number of amides is 4. The molecule has 0 radical (unpaired) electrons. The van der Waals surface area contributed by atoms with Crippen molar-refractivity contribution < 1.29 is 47.4 Å². The third-order valence-electron chi connectivity index (χ3n) is 7.07. The van der Waals surface area contributed by atoms with E-state index in [-0.39, 0.29) is 31.2 Å². The van der Waals surface area contributed by atoms with Crippen molar-refractivity contribution in [3.63, 3.8) is 0 Å². The van der Waals surface area contributed by atoms with E-state index in [1.807, 2.05) is 45.0 Å². The summed E-state index contributed by atoms with van der Waals surface area (Å²) in [5, 5.41) is 22.2. The number of nitrogens with zero attached hydrogens (tertiary/aromatic N) is 1. The number of carboxylic acids is 1. The fraction of sp³-hybridized carbons (Fsp3) is 0.414. The van der Waals surface area contributed by atoms with E-state index in [4.69, 9.17) is 21.4 Å². The molecule has 3 rings (SSSR count). The van der Waals surface area contributed by atoms with Crippen molar-refractivity contribution in [2.75, 3.05) is 6.54 Å². The third kappa shape index (κ3) is 9.42. The van der Waals surface area contributed by atoms with E-state index < -0.39 is 53.9 Å². The summed E-state index contributed by atoms with van der Waals surface area (Å²) in [5.74, 6) is -5.15. The Morgan fingerprint density at radius 1 is 1.09 bits per heavy atom. The van der Waals surface area contributed by atoms with E-state index in [0.717, 1.165) is 27.8 Å². The van der Waals surface area contributed by atoms with Crippen molar-refractivity contribution in [3.05, 3.63) is 64.2 Å². The van der Waals surface area contributed by atoms with Crippen LogP contribution in [-0.4, -0.2) is 75.6 Å². The number of carboxylic acid groups (broad SMARTS) is 1. The van der Waals surface area contributed by atoms with Crippen molar-refractivity contribution in [1.29, 1.82) is 0 Å². The summed E-state index contributed by atoms with van der Waals surface area (Å²) in [6.07, 6.45) is -4.85. The summed E-state index contributed by atoms with van der Waals surface area (Å²) in [4.78, 5) is 61.0. The molecule has 1 heterocycles. The highest BCUT2D eigenvalue weighted by molar-refractivity contribution is 5.94. The number of phenolic OH excluding ortho intramolecular Hbond substituents is 1. The molecule has 0 spiro atoms. The lowest BCUT2D eigenvalue weighted by molar-refractivity contribution is -0.192. The van der Waals surface area contributed by atoms with Crippen LogP contribution in [0, 0.1) is 13.8 Å². The van der Waals surface area contributed by atoms with Gasteiger partial charge in [0.05, 0.1) is 12.6 Å². The minimum Gasteiger partial charge on any atom is -0.508 e. The molecule has 0 saturated heterocycles. The van der Waals surface area contributed by atoms with Gasteiger partial charge >= 0.3 is 12.1 Å². The number of halogens is 3. The SMILES string of the molecule is Cc1cc(O)cc(C)c1C[C@H](N)C(=O)N[C@H](C)C(=O)N[C@@H]1C(=O)N(CC(N)=O)Cc2ccccc2[C@H]1C.O=C(O)C(F)(F)F. The first-order valence-electron chi connectivity index (χ1n) is 13.4. The van der Waals surface area contributed by atoms with E-state index in [9.17, 15) is 37.5 Å². The van der Waals surface area contributed by atoms with Crippen LogP contribution in [0.1, 0.15) is 47.6 Å². The Morgan fingerprint density at radius 2 is 1.64 bits per heavy atom. The molecule has 0 bridgehead atoms. The second kappa shape index (κ2) is 14.7. The highest BCUT2D eigenvalue weighted by Gasteiger charge is 2.38. The number of nitrogens with one attached hydrogen (secondary N) is 2. The second-order valence-electron chi connectivity index (χ2n) is 10.5. The van der Waals surface area contributed by atoms with Crippen LogP contribution in [0.25, 0.3) is 0 Å². The first-order valence-corrected chi connectivity index (χ1v) is 13.4. The van der Waals surface area contributed by atoms with Crippen molar-refractivity contribution in [2.45, 2.75) is 70.9 Å². The number of hydrogen-bond donors (Lipinski definition) is 6. The monoisotopic (exact) mass is 623 g/mol. The maximum Gasteiger partial charge on any atom is 0.490 e. The van der Waals surface area contributed by atoms with E-state index >= 15 is 0 Å². The van der Waals surface area contributed by atoms with Gasteiger partial charge in [-0.3, -0.25) is 19.2 Å². The fourth-order valence-electron chi connectivity index (χ4n) is 4.77. The molecule has 0 aliphatic carbocycles. The van der Waals surface area contributed by atoms with Crippen LogP contribution in [0.2, 0.25) is 0 Å². The molecule has 2 aromatic rings. The molecule has 4 amide bonds. The highest BCUT2D eigenvalue weighted by Crippen LogP contribution is 2.29. The maximum absolute atomic E-state index is 13.3. The average Bonchev–Trinajstić information content (AvgIpc) is 3.00. The van der Waals surface area contributed by atoms with Crippen LogP contribution >= 0.6 is 0 Å². The van der Waals surface area contributed by atoms with Crippen LogP contribution in [0.5, 0.6) is 5.75 Å². The first kappa shape index (κ1) is 35.5. The number of nitrogens with two attached hydrogens (primary N) is 2. The lowest BCUT2D eigenvalue weighted by Gasteiger charge is -2.28. The lowest BCUT2D eigenvalue weighted by atomic mass is 9.90. The number of benzene rings is 2. The van der Waals surface area contributed by atoms with E-state index in [1.165, 1.54) is 11.8 Å². The zero-order valence-corrected chi connectivity index (χ0v) is 24.6. The Hall–Kier alpha value is -4.66. The molecule has 0 aromatic heterocycles. The number of rotatable bonds is 8. The number of aromatic hydroxyl groups is 1. The summed E-state index contributed by atoms with van der Waals surface area (Å²) in [5.41, 5.74) is 15.7. The van der Waals surface area contributed by atoms with E-state index in [1.54, 1.807) is 12.1 Å². The number of aryl methyl sites for hydroxylation is 2. The first-order chi connectivity index (χ1) is 20.3. The number of hydrogen-bond acceptors (Lipinski definition) is 7. The molecule has 15 heteroatoms. The Bertz CT molecular complexity index is 1390. The van der Waals surface area contributed by atoms with E-state index in [0.29, 0.717) is 0 Å². The van der Waals surface area contributed by atoms with Gasteiger partial charge in [0.15, 0.2) is 0 Å². The number of aliphatic carboxylic acids is 1. The Kier molecular flexibility index (Phi) is 11.9. The smallest absolute Gasteiger partial charge is 0.490 e. The molecule has 44 heavy (non-hydrogen) atoms. The van der Waals surface area contributed by atoms with Gasteiger partial charge < -0.3 is 37.2 Å². The number of fused-ring (bicyclic) bond motifs is 1. The van der Waals surface area contributed by atoms with Gasteiger partial charge in [0.25, 0.3) is 0 Å². The minimum atomic E-state index is -5.08. The molecule has 12 nitrogen and oxygen atoms in total. The molecule has 0 fully saturated rings. The number of carbonyl (C=O) groups is 5. The number of alkyl halides is 3. The summed E-state index contributed by atoms with van der Waals surface area (Å²) in [7, 11) is 0. The average molecular weight is 624 g/mol. The van der Waals surface area contributed by atoms with Crippen molar-refractivity contribution in [3.8, 4) is 5.75 Å². The molecule has 8 N–H and O–H groups in total. The van der Waals surface area contributed by atoms with Crippen LogP contribution < -0.4 is 22.1 Å². The van der Waals surface area contributed by atoms with Crippen LogP contribution in [0.3, 0.4) is 0 Å². The van der Waals surface area contributed by atoms with Gasteiger partial charge in [-0.25, -0.2) is 4.79 Å². The Labute approximate surface area is 251 Å². The van der Waals surface area contributed by atoms with Gasteiger partial charge in [0.2, 0.25) is 23.6 Å². The summed E-state index contributed by atoms with van der Waals surface area (Å²) >= 11 is 0. The molecule has 1 aliphatic heterocycles. The van der Waals surface area contributed by atoms with Crippen molar-refractivity contribution in [2.24, 2.45) is 11.5 Å². The van der Waals surface area contributed by atoms with Crippen LogP contribution in [-0.2, 0) is 36.9 Å². The molecule has 2 aromatic carbocycles. The van der Waals surface area contributed by atoms with Gasteiger partial charge in [0, 0.05) is 12.5 Å². The topological polar surface area (TPSA) is 205 Å². The summed E-state index contributed by atoms with van der Waals surface area (Å²) in [6, 6.07) is 7.82. The highest BCUT2D eigenvalue weighted by atomic mass is 19.4. The minimum absolute atomic E-state index is 0.140. The molecule has 4 atom stereocenters. The van der Waals surface area contributed by atoms with Crippen molar-refractivity contribution >= 4 is 29.6 Å². The lowest BCUT2D eigenvalue weighted by Crippen LogP contribution is -2.56. The second-order valence-corrected chi connectivity index (χ2v) is 10.5. The molecule has 240 valence electrons. The predicted molar refractivity (Wildman–Crippen MR) is 152 cm³/mol. The van der Waals surface area contributed by atoms with Crippen LogP contribution in [0.15, 0.2) is 36.4 Å². The maximum atomic E-state index is 13.3. The molecule has 1 aliphatic rings. The van der Waals surface area contributed by atoms with Crippen molar-refractivity contribution in [1.82, 2.24) is 15.5 Å². The van der Waals surface area contributed by atoms with Gasteiger partial charge in [0.1, 0.15) is 17.8 Å². The van der Waals surface area contributed by atoms with Gasteiger partial charge in [-0.2, -0.15) is 13.2 Å². The number of carbonyl (C=O) groups excluding carboxylic acids is 4. The fourth-order valence-corrected chi connectivity index (χ4v) is 4.77. The van der Waals surface area contributed by atoms with Gasteiger partial charge in [-0.15, -0.1) is 0 Å². The standard InChI is InChI=1S/C27H35N5O5.C2HF3O2/c1-14-9-19(33)10-15(2)21(14)11-22(28)26(36)30-17(4)25(35)31-24-16(3)20-8-6-5-7-18(20)12-32(27(24)37)13-23(29)34;3-2(4,5)1(6)7/h5-10,16-17,22,24,33H,11-13,28H2,1-4H3,(H2,29,34)(H,30,36)(H,31,35);(H,6,7)/t16-,17-,22+,24+;/m1./s1. The Morgan fingerprint density at radius 3 is 2.16 bits per heavy atom. The predicted octanol–water partition coefficient (Wildman–Crippen LogP) is 1.13. The van der Waals surface area contributed by atoms with Gasteiger partial charge in [-0.05, 0) is 67.1 Å². The molecular formula is C29H36F3N5O7. The zero-order valence-electron chi connectivity index (χ0n) is 24.6. The van der Waals surface area contributed by atoms with Gasteiger partial charge in [-0.1, -0.05) is 31.2 Å². The quantitative estimate of drug-likeness (QED) is 0.251. The number of primary amides is 1. The molecule has 0 unspecified atom stereocenters. The molecule has 0 saturated carbocycles. The number of phenols is 1. The van der Waals surface area contributed by atoms with Crippen LogP contribution in [0.4, 0.5) is 13.2 Å². The zero-order chi connectivity index (χ0) is 33.5. The van der Waals surface area contributed by atoms with E-state index in [2.05, 4.69) is 10.6 Å².